The molecule has 0 spiro atoms. The molecule has 1 aliphatic carbocycles. The Morgan fingerprint density at radius 3 is 3.00 bits per heavy atom. The fourth-order valence-electron chi connectivity index (χ4n) is 3.19. The first-order valence-electron chi connectivity index (χ1n) is 8.95. The number of rotatable bonds is 4. The number of anilines is 1. The molecule has 138 valence electrons. The minimum atomic E-state index is -0.457. The number of aromatic nitrogens is 2. The Morgan fingerprint density at radius 1 is 1.33 bits per heavy atom. The Kier molecular flexibility index (Phi) is 4.68. The van der Waals surface area contributed by atoms with Gasteiger partial charge >= 0.3 is 0 Å². The van der Waals surface area contributed by atoms with Gasteiger partial charge in [-0.05, 0) is 38.5 Å². The number of aliphatic hydroxyl groups is 1. The van der Waals surface area contributed by atoms with E-state index in [2.05, 4.69) is 29.4 Å². The van der Waals surface area contributed by atoms with Crippen molar-refractivity contribution in [1.29, 1.82) is 0 Å². The van der Waals surface area contributed by atoms with Crippen molar-refractivity contribution in [1.82, 2.24) is 9.55 Å². The molecule has 0 radical (unpaired) electrons. The van der Waals surface area contributed by atoms with Crippen molar-refractivity contribution >= 4 is 43.0 Å². The molecule has 0 saturated heterocycles. The van der Waals surface area contributed by atoms with Crippen molar-refractivity contribution < 1.29 is 5.11 Å². The van der Waals surface area contributed by atoms with E-state index in [1.165, 1.54) is 16.9 Å². The van der Waals surface area contributed by atoms with Crippen LogP contribution in [0.25, 0.3) is 26.0 Å². The number of nitrogens with zero attached hydrogens (tertiary/aromatic N) is 2. The number of pyridine rings is 2. The van der Waals surface area contributed by atoms with Crippen LogP contribution in [0.3, 0.4) is 0 Å². The molecule has 3 aromatic heterocycles. The summed E-state index contributed by atoms with van der Waals surface area (Å²) in [6.07, 6.45) is 12.1. The predicted octanol–water partition coefficient (Wildman–Crippen LogP) is 4.15. The van der Waals surface area contributed by atoms with Gasteiger partial charge in [-0.1, -0.05) is 23.8 Å². The molecule has 0 bridgehead atoms. The van der Waals surface area contributed by atoms with Crippen molar-refractivity contribution in [2.45, 2.75) is 26.4 Å². The van der Waals surface area contributed by atoms with E-state index in [4.69, 9.17) is 0 Å². The Labute approximate surface area is 161 Å². The Balaban J connectivity index is 1.86. The molecule has 1 atom stereocenters. The van der Waals surface area contributed by atoms with Crippen LogP contribution in [0.2, 0.25) is 0 Å². The van der Waals surface area contributed by atoms with Gasteiger partial charge in [-0.15, -0.1) is 11.3 Å². The number of thiophene rings is 1. The average Bonchev–Trinajstić information content (AvgIpc) is 2.90. The summed E-state index contributed by atoms with van der Waals surface area (Å²) in [5, 5.41) is 14.7. The lowest BCUT2D eigenvalue weighted by Crippen LogP contribution is -2.17. The highest BCUT2D eigenvalue weighted by atomic mass is 32.1. The van der Waals surface area contributed by atoms with E-state index in [1.807, 2.05) is 30.5 Å². The van der Waals surface area contributed by atoms with Gasteiger partial charge in [0.15, 0.2) is 0 Å². The van der Waals surface area contributed by atoms with Crippen LogP contribution >= 0.6 is 11.3 Å². The largest absolute Gasteiger partial charge is 0.392 e. The molecule has 0 unspecified atom stereocenters. The highest BCUT2D eigenvalue weighted by Gasteiger charge is 2.15. The maximum absolute atomic E-state index is 13.2. The molecule has 5 nitrogen and oxygen atoms in total. The highest BCUT2D eigenvalue weighted by Crippen LogP contribution is 2.35. The summed E-state index contributed by atoms with van der Waals surface area (Å²) in [5.41, 5.74) is 2.92. The van der Waals surface area contributed by atoms with E-state index in [0.29, 0.717) is 11.2 Å². The lowest BCUT2D eigenvalue weighted by Gasteiger charge is -2.10. The van der Waals surface area contributed by atoms with Crippen LogP contribution in [-0.4, -0.2) is 27.3 Å². The molecule has 0 saturated carbocycles. The minimum absolute atomic E-state index is 0.0348. The first kappa shape index (κ1) is 17.7. The summed E-state index contributed by atoms with van der Waals surface area (Å²) in [7, 11) is 0. The predicted molar refractivity (Wildman–Crippen MR) is 113 cm³/mol. The van der Waals surface area contributed by atoms with Crippen molar-refractivity contribution in [2.24, 2.45) is 0 Å². The number of allylic oxidation sites excluding steroid dienone is 6. The van der Waals surface area contributed by atoms with E-state index in [9.17, 15) is 9.90 Å². The molecule has 3 aromatic rings. The molecule has 0 amide bonds. The van der Waals surface area contributed by atoms with Crippen molar-refractivity contribution in [3.63, 3.8) is 0 Å². The zero-order valence-corrected chi connectivity index (χ0v) is 16.1. The molecule has 27 heavy (non-hydrogen) atoms. The van der Waals surface area contributed by atoms with Crippen molar-refractivity contribution in [2.75, 3.05) is 11.9 Å². The quantitative estimate of drug-likeness (QED) is 0.715. The molecular weight excluding hydrogens is 358 g/mol. The summed E-state index contributed by atoms with van der Waals surface area (Å²) in [5.74, 6) is 0. The van der Waals surface area contributed by atoms with E-state index in [0.717, 1.165) is 33.4 Å². The number of fused-ring (bicyclic) bond motifs is 3. The van der Waals surface area contributed by atoms with E-state index in [1.54, 1.807) is 17.7 Å². The van der Waals surface area contributed by atoms with Gasteiger partial charge in [0.25, 0.3) is 5.56 Å². The molecule has 3 heterocycles. The molecule has 0 aliphatic heterocycles. The van der Waals surface area contributed by atoms with E-state index in [-0.39, 0.29) is 5.56 Å². The third-order valence-corrected chi connectivity index (χ3v) is 5.68. The second kappa shape index (κ2) is 7.13. The van der Waals surface area contributed by atoms with Crippen LogP contribution in [0.15, 0.2) is 59.2 Å². The van der Waals surface area contributed by atoms with Crippen LogP contribution in [0.4, 0.5) is 5.69 Å². The van der Waals surface area contributed by atoms with Crippen LogP contribution < -0.4 is 10.9 Å². The maximum Gasteiger partial charge on any atom is 0.273 e. The number of aliphatic hydroxyl groups excluding tert-OH is 1. The van der Waals surface area contributed by atoms with Gasteiger partial charge in [-0.25, -0.2) is 4.98 Å². The highest BCUT2D eigenvalue weighted by molar-refractivity contribution is 7.25. The maximum atomic E-state index is 13.2. The van der Waals surface area contributed by atoms with Crippen LogP contribution in [0.5, 0.6) is 0 Å². The number of nitrogens with one attached hydrogen (secondary N) is 1. The first-order chi connectivity index (χ1) is 13.0. The van der Waals surface area contributed by atoms with Gasteiger partial charge in [-0.2, -0.15) is 0 Å². The van der Waals surface area contributed by atoms with Gasteiger partial charge in [0.2, 0.25) is 0 Å². The number of hydrogen-bond donors (Lipinski definition) is 2. The lowest BCUT2D eigenvalue weighted by molar-refractivity contribution is 0.208. The third kappa shape index (κ3) is 3.34. The Bertz CT molecular complexity index is 1170. The molecule has 0 aromatic carbocycles. The molecule has 6 heteroatoms. The monoisotopic (exact) mass is 379 g/mol. The van der Waals surface area contributed by atoms with Gasteiger partial charge in [0.1, 0.15) is 9.53 Å². The van der Waals surface area contributed by atoms with Crippen molar-refractivity contribution in [3.05, 3.63) is 64.8 Å². The van der Waals surface area contributed by atoms with Crippen LogP contribution in [0.1, 0.15) is 20.3 Å². The van der Waals surface area contributed by atoms with Crippen LogP contribution in [-0.2, 0) is 0 Å². The Hall–Kier alpha value is -2.70. The van der Waals surface area contributed by atoms with E-state index >= 15 is 0 Å². The van der Waals surface area contributed by atoms with Gasteiger partial charge in [0.05, 0.1) is 6.10 Å². The SMILES string of the molecule is CC1=CCC=C(n2ccc3c(sc4nccc(NC[C@@H](C)O)c43)c2=O)C=C1. The fraction of sp³-hybridized carbons (Fsp3) is 0.238. The molecule has 2 N–H and O–H groups in total. The van der Waals surface area contributed by atoms with E-state index < -0.39 is 6.10 Å². The summed E-state index contributed by atoms with van der Waals surface area (Å²) in [4.78, 5) is 18.4. The molecule has 1 aliphatic rings. The third-order valence-electron chi connectivity index (χ3n) is 4.58. The standard InChI is InChI=1S/C21H21N3O2S/c1-13-4-3-5-15(7-6-13)24-11-9-16-18-17(23-12-14(2)25)8-10-22-20(18)27-19(16)21(24)26/h4-11,14,25H,3,12H2,1-2H3,(H,22,23)/t14-/m1/s1. The molecule has 0 fully saturated rings. The molecular formula is C21H21N3O2S. The smallest absolute Gasteiger partial charge is 0.273 e. The summed E-state index contributed by atoms with van der Waals surface area (Å²) >= 11 is 1.41. The summed E-state index contributed by atoms with van der Waals surface area (Å²) in [6.45, 7) is 4.23. The van der Waals surface area contributed by atoms with Gasteiger partial charge < -0.3 is 10.4 Å². The van der Waals surface area contributed by atoms with Crippen molar-refractivity contribution in [3.8, 4) is 0 Å². The first-order valence-corrected chi connectivity index (χ1v) is 9.76. The summed E-state index contributed by atoms with van der Waals surface area (Å²) < 4.78 is 2.39. The number of hydrogen-bond acceptors (Lipinski definition) is 5. The summed E-state index contributed by atoms with van der Waals surface area (Å²) in [6, 6.07) is 3.86. The second-order valence-electron chi connectivity index (χ2n) is 6.75. The fourth-order valence-corrected chi connectivity index (χ4v) is 4.29. The second-order valence-corrected chi connectivity index (χ2v) is 7.75. The zero-order valence-electron chi connectivity index (χ0n) is 15.3. The van der Waals surface area contributed by atoms with Crippen LogP contribution in [0, 0.1) is 0 Å². The Morgan fingerprint density at radius 2 is 2.19 bits per heavy atom. The van der Waals surface area contributed by atoms with Gasteiger partial charge in [0, 0.05) is 41.1 Å². The normalized spacial score (nSPS) is 15.5. The zero-order chi connectivity index (χ0) is 19.0. The minimum Gasteiger partial charge on any atom is -0.392 e. The van der Waals surface area contributed by atoms with Gasteiger partial charge in [-0.3, -0.25) is 9.36 Å². The average molecular weight is 379 g/mol. The molecule has 4 rings (SSSR count). The topological polar surface area (TPSA) is 67.2 Å². The lowest BCUT2D eigenvalue weighted by atomic mass is 10.2.